The number of ether oxygens (including phenoxy) is 1. The zero-order valence-corrected chi connectivity index (χ0v) is 15.7. The van der Waals surface area contributed by atoms with E-state index in [1.54, 1.807) is 31.2 Å². The second kappa shape index (κ2) is 6.61. The number of hydrogen-bond acceptors (Lipinski definition) is 6. The Kier molecular flexibility index (Phi) is 4.24. The zero-order chi connectivity index (χ0) is 20.0. The average Bonchev–Trinajstić information content (AvgIpc) is 3.23. The maximum absolute atomic E-state index is 12.9. The molecule has 2 heterocycles. The third kappa shape index (κ3) is 2.76. The van der Waals surface area contributed by atoms with Crippen molar-refractivity contribution in [3.8, 4) is 28.5 Å². The topological polar surface area (TPSA) is 109 Å². The lowest BCUT2D eigenvalue weighted by Gasteiger charge is -2.09. The molecule has 4 aromatic rings. The van der Waals surface area contributed by atoms with E-state index >= 15 is 0 Å². The van der Waals surface area contributed by atoms with E-state index in [-0.39, 0.29) is 22.8 Å². The van der Waals surface area contributed by atoms with Gasteiger partial charge in [0.25, 0.3) is 0 Å². The van der Waals surface area contributed by atoms with Crippen molar-refractivity contribution < 1.29 is 24.3 Å². The second-order valence-electron chi connectivity index (χ2n) is 6.26. The smallest absolute Gasteiger partial charge is 0.204 e. The van der Waals surface area contributed by atoms with Gasteiger partial charge in [0, 0.05) is 10.9 Å². The van der Waals surface area contributed by atoms with Gasteiger partial charge in [0.05, 0.1) is 34.5 Å². The monoisotopic (exact) mass is 398 g/mol. The number of phenolic OH excluding ortho intramolecular Hbond substituents is 1. The Morgan fingerprint density at radius 3 is 2.71 bits per heavy atom. The molecule has 2 aromatic heterocycles. The highest BCUT2D eigenvalue weighted by molar-refractivity contribution is 6.34. The molecule has 0 saturated heterocycles. The molecule has 3 N–H and O–H groups in total. The van der Waals surface area contributed by atoms with Crippen LogP contribution in [0.2, 0.25) is 5.02 Å². The van der Waals surface area contributed by atoms with Gasteiger partial charge >= 0.3 is 0 Å². The molecule has 142 valence electrons. The molecule has 0 saturated carbocycles. The van der Waals surface area contributed by atoms with Gasteiger partial charge < -0.3 is 24.5 Å². The number of rotatable bonds is 4. The Morgan fingerprint density at radius 1 is 1.25 bits per heavy atom. The number of ketones is 1. The van der Waals surface area contributed by atoms with E-state index in [1.165, 1.54) is 19.4 Å². The van der Waals surface area contributed by atoms with Crippen LogP contribution in [-0.2, 0) is 0 Å². The first kappa shape index (κ1) is 17.9. The van der Waals surface area contributed by atoms with Crippen LogP contribution in [0.3, 0.4) is 0 Å². The van der Waals surface area contributed by atoms with Crippen LogP contribution in [0.5, 0.6) is 17.4 Å². The van der Waals surface area contributed by atoms with Crippen LogP contribution in [-0.4, -0.2) is 33.2 Å². The summed E-state index contributed by atoms with van der Waals surface area (Å²) in [6.07, 6.45) is 1.25. The quantitative estimate of drug-likeness (QED) is 0.438. The number of H-pyrrole nitrogens is 1. The molecule has 4 rings (SSSR count). The highest BCUT2D eigenvalue weighted by atomic mass is 35.5. The fourth-order valence-corrected chi connectivity index (χ4v) is 3.42. The summed E-state index contributed by atoms with van der Waals surface area (Å²) in [6, 6.07) is 8.15. The number of fused-ring (bicyclic) bond motifs is 1. The summed E-state index contributed by atoms with van der Waals surface area (Å²) in [5.74, 6) is -0.389. The van der Waals surface area contributed by atoms with Crippen molar-refractivity contribution in [2.45, 2.75) is 6.92 Å². The summed E-state index contributed by atoms with van der Waals surface area (Å²) in [6.45, 7) is 1.65. The lowest BCUT2D eigenvalue weighted by molar-refractivity contribution is 0.103. The van der Waals surface area contributed by atoms with Crippen molar-refractivity contribution in [2.75, 3.05) is 7.11 Å². The summed E-state index contributed by atoms with van der Waals surface area (Å²) >= 11 is 6.42. The Bertz CT molecular complexity index is 1230. The minimum Gasteiger partial charge on any atom is -0.504 e. The van der Waals surface area contributed by atoms with Gasteiger partial charge in [-0.3, -0.25) is 4.79 Å². The highest BCUT2D eigenvalue weighted by Crippen LogP contribution is 2.39. The van der Waals surface area contributed by atoms with Crippen LogP contribution >= 0.6 is 11.6 Å². The minimum absolute atomic E-state index is 0.00143. The van der Waals surface area contributed by atoms with Crippen molar-refractivity contribution in [1.82, 2.24) is 10.1 Å². The molecule has 28 heavy (non-hydrogen) atoms. The standard InChI is InChI=1S/C20H15ClN2O5/c1-9-13(8-28-23-9)19(25)18-12-6-11(14(21)7-15(12)22-20(18)26)10-3-4-16(24)17(5-10)27-2/h3-8,22,24,26H,1-2H3. The maximum atomic E-state index is 12.9. The Hall–Kier alpha value is -3.45. The van der Waals surface area contributed by atoms with E-state index in [9.17, 15) is 15.0 Å². The summed E-state index contributed by atoms with van der Waals surface area (Å²) in [7, 11) is 1.45. The number of halogens is 1. The predicted octanol–water partition coefficient (Wildman–Crippen LogP) is 4.44. The molecule has 0 amide bonds. The van der Waals surface area contributed by atoms with E-state index < -0.39 is 5.78 Å². The number of aromatic nitrogens is 2. The lowest BCUT2D eigenvalue weighted by atomic mass is 9.98. The predicted molar refractivity (Wildman–Crippen MR) is 103 cm³/mol. The first-order chi connectivity index (χ1) is 13.4. The van der Waals surface area contributed by atoms with Crippen LogP contribution in [0.1, 0.15) is 21.6 Å². The first-order valence-electron chi connectivity index (χ1n) is 8.28. The zero-order valence-electron chi connectivity index (χ0n) is 14.9. The van der Waals surface area contributed by atoms with Crippen molar-refractivity contribution in [3.05, 3.63) is 58.4 Å². The number of nitrogens with one attached hydrogen (secondary N) is 1. The summed E-state index contributed by atoms with van der Waals surface area (Å²) in [5, 5.41) is 24.8. The second-order valence-corrected chi connectivity index (χ2v) is 6.66. The van der Waals surface area contributed by atoms with Crippen molar-refractivity contribution in [1.29, 1.82) is 0 Å². The number of nitrogens with zero attached hydrogens (tertiary/aromatic N) is 1. The van der Waals surface area contributed by atoms with E-state index in [4.69, 9.17) is 20.9 Å². The number of benzene rings is 2. The molecule has 0 atom stereocenters. The molecule has 0 aliphatic heterocycles. The Labute approximate surface area is 164 Å². The normalized spacial score (nSPS) is 11.1. The van der Waals surface area contributed by atoms with Gasteiger partial charge in [0.15, 0.2) is 11.5 Å². The van der Waals surface area contributed by atoms with Crippen LogP contribution in [0.4, 0.5) is 0 Å². The number of carbonyl (C=O) groups is 1. The molecule has 0 aliphatic rings. The Balaban J connectivity index is 1.93. The molecule has 0 fully saturated rings. The number of aromatic amines is 1. The van der Waals surface area contributed by atoms with Crippen LogP contribution in [0, 0.1) is 6.92 Å². The largest absolute Gasteiger partial charge is 0.504 e. The molecule has 2 aromatic carbocycles. The number of aromatic hydroxyl groups is 2. The summed E-state index contributed by atoms with van der Waals surface area (Å²) < 4.78 is 10.00. The third-order valence-corrected chi connectivity index (χ3v) is 4.89. The van der Waals surface area contributed by atoms with Gasteiger partial charge in [-0.15, -0.1) is 0 Å². The Morgan fingerprint density at radius 2 is 2.04 bits per heavy atom. The molecule has 8 heteroatoms. The van der Waals surface area contributed by atoms with Crippen molar-refractivity contribution in [2.24, 2.45) is 0 Å². The van der Waals surface area contributed by atoms with Crippen molar-refractivity contribution in [3.63, 3.8) is 0 Å². The fraction of sp³-hybridized carbons (Fsp3) is 0.100. The molecule has 0 spiro atoms. The van der Waals surface area contributed by atoms with Crippen LogP contribution in [0.15, 0.2) is 41.1 Å². The van der Waals surface area contributed by atoms with Gasteiger partial charge in [-0.1, -0.05) is 22.8 Å². The summed E-state index contributed by atoms with van der Waals surface area (Å²) in [5.41, 5.74) is 2.60. The maximum Gasteiger partial charge on any atom is 0.204 e. The molecule has 0 bridgehead atoms. The average molecular weight is 399 g/mol. The fourth-order valence-electron chi connectivity index (χ4n) is 3.14. The van der Waals surface area contributed by atoms with Gasteiger partial charge in [-0.2, -0.15) is 0 Å². The molecule has 0 unspecified atom stereocenters. The van der Waals surface area contributed by atoms with Gasteiger partial charge in [-0.25, -0.2) is 0 Å². The lowest BCUT2D eigenvalue weighted by Crippen LogP contribution is -2.01. The van der Waals surface area contributed by atoms with Gasteiger partial charge in [0.1, 0.15) is 6.26 Å². The number of carbonyl (C=O) groups excluding carboxylic acids is 1. The number of aryl methyl sites for hydroxylation is 1. The van der Waals surface area contributed by atoms with Crippen LogP contribution in [0.25, 0.3) is 22.0 Å². The molecule has 0 aliphatic carbocycles. The van der Waals surface area contributed by atoms with Crippen LogP contribution < -0.4 is 4.74 Å². The van der Waals surface area contributed by atoms with Gasteiger partial charge in [0.2, 0.25) is 11.7 Å². The number of phenols is 1. The molecular formula is C20H15ClN2O5. The minimum atomic E-state index is -0.418. The first-order valence-corrected chi connectivity index (χ1v) is 8.65. The highest BCUT2D eigenvalue weighted by Gasteiger charge is 2.24. The van der Waals surface area contributed by atoms with E-state index in [2.05, 4.69) is 10.1 Å². The number of methoxy groups -OCH3 is 1. The molecule has 7 nitrogen and oxygen atoms in total. The SMILES string of the molecule is COc1cc(-c2cc3c(C(=O)c4conc4C)c(O)[nH]c3cc2Cl)ccc1O. The summed E-state index contributed by atoms with van der Waals surface area (Å²) in [4.78, 5) is 15.7. The molecule has 0 radical (unpaired) electrons. The van der Waals surface area contributed by atoms with E-state index in [0.29, 0.717) is 38.5 Å². The van der Waals surface area contributed by atoms with E-state index in [0.717, 1.165) is 0 Å². The molecular weight excluding hydrogens is 384 g/mol. The van der Waals surface area contributed by atoms with E-state index in [1.807, 2.05) is 0 Å². The van der Waals surface area contributed by atoms with Gasteiger partial charge in [-0.05, 0) is 36.8 Å². The third-order valence-electron chi connectivity index (χ3n) is 4.58. The number of hydrogen-bond donors (Lipinski definition) is 3. The van der Waals surface area contributed by atoms with Crippen molar-refractivity contribution >= 4 is 28.3 Å².